The van der Waals surface area contributed by atoms with E-state index in [0.717, 1.165) is 32.2 Å². The number of nitrogens with one attached hydrogen (secondary N) is 1. The van der Waals surface area contributed by atoms with Crippen molar-refractivity contribution in [2.45, 2.75) is 12.5 Å². The number of benzene rings is 1. The van der Waals surface area contributed by atoms with Crippen LogP contribution in [0.2, 0.25) is 0 Å². The first kappa shape index (κ1) is 20.2. The van der Waals surface area contributed by atoms with Gasteiger partial charge < -0.3 is 5.32 Å². The summed E-state index contributed by atoms with van der Waals surface area (Å²) in [6.45, 7) is 6.76. The number of nitrogens with zero attached hydrogens (tertiary/aromatic N) is 1. The van der Waals surface area contributed by atoms with Gasteiger partial charge in [-0.3, -0.25) is 4.90 Å². The van der Waals surface area contributed by atoms with Gasteiger partial charge in [0.25, 0.3) is 0 Å². The first-order valence-electron chi connectivity index (χ1n) is 6.34. The highest BCUT2D eigenvalue weighted by Crippen LogP contribution is 2.29. The van der Waals surface area contributed by atoms with Gasteiger partial charge in [0, 0.05) is 37.8 Å². The van der Waals surface area contributed by atoms with E-state index in [1.54, 1.807) is 6.08 Å². The van der Waals surface area contributed by atoms with Crippen molar-refractivity contribution >= 4 is 24.8 Å². The Kier molecular flexibility index (Phi) is 8.97. The molecule has 1 aliphatic heterocycles. The van der Waals surface area contributed by atoms with Crippen LogP contribution in [0.15, 0.2) is 24.8 Å². The van der Waals surface area contributed by atoms with Crippen molar-refractivity contribution < 1.29 is 13.2 Å². The molecule has 0 unspecified atom stereocenters. The van der Waals surface area contributed by atoms with Crippen molar-refractivity contribution in [3.8, 4) is 0 Å². The van der Waals surface area contributed by atoms with Gasteiger partial charge in [0.1, 0.15) is 0 Å². The van der Waals surface area contributed by atoms with Gasteiger partial charge in [0.15, 0.2) is 17.5 Å². The van der Waals surface area contributed by atoms with Gasteiger partial charge in [-0.25, -0.2) is 13.2 Å². The molecule has 0 bridgehead atoms. The Labute approximate surface area is 135 Å². The van der Waals surface area contributed by atoms with Crippen LogP contribution in [0.3, 0.4) is 0 Å². The molecule has 120 valence electrons. The average molecular weight is 343 g/mol. The fourth-order valence-electron chi connectivity index (χ4n) is 2.42. The van der Waals surface area contributed by atoms with Crippen molar-refractivity contribution in [1.82, 2.24) is 10.2 Å². The van der Waals surface area contributed by atoms with E-state index in [-0.39, 0.29) is 36.4 Å². The lowest BCUT2D eigenvalue weighted by Gasteiger charge is -2.35. The molecular weight excluding hydrogens is 324 g/mol. The third-order valence-electron chi connectivity index (χ3n) is 3.41. The van der Waals surface area contributed by atoms with E-state index in [9.17, 15) is 13.2 Å². The van der Waals surface area contributed by atoms with Gasteiger partial charge >= 0.3 is 0 Å². The lowest BCUT2D eigenvalue weighted by atomic mass is 10.00. The maximum absolute atomic E-state index is 13.9. The minimum Gasteiger partial charge on any atom is -0.314 e. The molecule has 1 saturated heterocycles. The van der Waals surface area contributed by atoms with Gasteiger partial charge in [-0.15, -0.1) is 31.4 Å². The highest BCUT2D eigenvalue weighted by molar-refractivity contribution is 5.85. The Hall–Kier alpha value is -0.750. The largest absolute Gasteiger partial charge is 0.314 e. The molecule has 0 amide bonds. The van der Waals surface area contributed by atoms with Crippen LogP contribution in [-0.2, 0) is 0 Å². The Balaban J connectivity index is 0.00000200. The molecule has 1 aliphatic rings. The highest BCUT2D eigenvalue weighted by Gasteiger charge is 2.26. The molecule has 0 aliphatic carbocycles. The molecule has 1 heterocycles. The maximum atomic E-state index is 13.9. The van der Waals surface area contributed by atoms with Crippen LogP contribution in [0.1, 0.15) is 18.0 Å². The van der Waals surface area contributed by atoms with E-state index in [2.05, 4.69) is 16.8 Å². The van der Waals surface area contributed by atoms with Crippen LogP contribution in [-0.4, -0.2) is 31.1 Å². The smallest absolute Gasteiger partial charge is 0.194 e. The lowest BCUT2D eigenvalue weighted by molar-refractivity contribution is 0.170. The normalized spacial score (nSPS) is 16.5. The molecule has 1 atom stereocenters. The van der Waals surface area contributed by atoms with Gasteiger partial charge in [-0.1, -0.05) is 12.1 Å². The quantitative estimate of drug-likeness (QED) is 0.665. The van der Waals surface area contributed by atoms with E-state index in [1.165, 1.54) is 6.07 Å². The summed E-state index contributed by atoms with van der Waals surface area (Å²) in [7, 11) is 0. The van der Waals surface area contributed by atoms with Crippen LogP contribution in [0.4, 0.5) is 13.2 Å². The summed E-state index contributed by atoms with van der Waals surface area (Å²) >= 11 is 0. The third kappa shape index (κ3) is 4.61. The van der Waals surface area contributed by atoms with E-state index in [4.69, 9.17) is 0 Å². The monoisotopic (exact) mass is 342 g/mol. The van der Waals surface area contributed by atoms with Crippen molar-refractivity contribution in [2.75, 3.05) is 26.2 Å². The van der Waals surface area contributed by atoms with E-state index in [1.807, 2.05) is 0 Å². The molecule has 1 aromatic carbocycles. The molecule has 1 fully saturated rings. The number of halogens is 5. The second-order valence-electron chi connectivity index (χ2n) is 4.59. The number of hydrogen-bond donors (Lipinski definition) is 1. The molecule has 0 radical (unpaired) electrons. The van der Waals surface area contributed by atoms with E-state index < -0.39 is 17.5 Å². The predicted molar refractivity (Wildman–Crippen MR) is 82.8 cm³/mol. The Bertz CT molecular complexity index is 466. The third-order valence-corrected chi connectivity index (χ3v) is 3.41. The second-order valence-corrected chi connectivity index (χ2v) is 4.59. The van der Waals surface area contributed by atoms with Gasteiger partial charge in [0.05, 0.1) is 0 Å². The van der Waals surface area contributed by atoms with Crippen molar-refractivity contribution in [3.63, 3.8) is 0 Å². The Morgan fingerprint density at radius 1 is 1.14 bits per heavy atom. The second kappa shape index (κ2) is 9.30. The number of piperazine rings is 1. The topological polar surface area (TPSA) is 15.3 Å². The SMILES string of the molecule is C=CC[C@@H](c1ccc(F)c(F)c1F)N1CCNCC1.Cl.Cl. The van der Waals surface area contributed by atoms with Gasteiger partial charge in [-0.05, 0) is 12.5 Å². The van der Waals surface area contributed by atoms with Crippen LogP contribution in [0.25, 0.3) is 0 Å². The van der Waals surface area contributed by atoms with Crippen molar-refractivity contribution in [3.05, 3.63) is 47.8 Å². The number of hydrogen-bond acceptors (Lipinski definition) is 2. The van der Waals surface area contributed by atoms with Crippen LogP contribution in [0, 0.1) is 17.5 Å². The lowest BCUT2D eigenvalue weighted by Crippen LogP contribution is -2.45. The Morgan fingerprint density at radius 2 is 1.76 bits per heavy atom. The van der Waals surface area contributed by atoms with E-state index >= 15 is 0 Å². The molecule has 7 heteroatoms. The number of rotatable bonds is 4. The zero-order valence-corrected chi connectivity index (χ0v) is 13.1. The maximum Gasteiger partial charge on any atom is 0.194 e. The fraction of sp³-hybridized carbons (Fsp3) is 0.429. The van der Waals surface area contributed by atoms with Crippen LogP contribution in [0.5, 0.6) is 0 Å². The molecule has 0 spiro atoms. The van der Waals surface area contributed by atoms with Crippen molar-refractivity contribution in [1.29, 1.82) is 0 Å². The standard InChI is InChI=1S/C14H17F3N2.2ClH/c1-2-3-12(19-8-6-18-7-9-19)10-4-5-11(15)14(17)13(10)16;;/h2,4-5,12,18H,1,3,6-9H2;2*1H/t12-;;/m0../s1. The zero-order valence-electron chi connectivity index (χ0n) is 11.4. The van der Waals surface area contributed by atoms with Gasteiger partial charge in [0.2, 0.25) is 0 Å². The van der Waals surface area contributed by atoms with Gasteiger partial charge in [-0.2, -0.15) is 0 Å². The summed E-state index contributed by atoms with van der Waals surface area (Å²) in [5.74, 6) is -3.65. The molecular formula is C14H19Cl2F3N2. The minimum absolute atomic E-state index is 0. The zero-order chi connectivity index (χ0) is 13.8. The fourth-order valence-corrected chi connectivity index (χ4v) is 2.42. The molecule has 0 saturated carbocycles. The highest BCUT2D eigenvalue weighted by atomic mass is 35.5. The molecule has 0 aromatic heterocycles. The first-order chi connectivity index (χ1) is 9.15. The summed E-state index contributed by atoms with van der Waals surface area (Å²) in [6, 6.07) is 2.00. The van der Waals surface area contributed by atoms with Crippen LogP contribution >= 0.6 is 24.8 Å². The summed E-state index contributed by atoms with van der Waals surface area (Å²) in [5, 5.41) is 3.20. The minimum atomic E-state index is -1.40. The average Bonchev–Trinajstić information content (AvgIpc) is 2.44. The molecule has 1 aromatic rings. The molecule has 21 heavy (non-hydrogen) atoms. The Morgan fingerprint density at radius 3 is 2.33 bits per heavy atom. The molecule has 2 rings (SSSR count). The van der Waals surface area contributed by atoms with Crippen molar-refractivity contribution in [2.24, 2.45) is 0 Å². The summed E-state index contributed by atoms with van der Waals surface area (Å²) < 4.78 is 40.2. The van der Waals surface area contributed by atoms with E-state index in [0.29, 0.717) is 6.42 Å². The summed E-state index contributed by atoms with van der Waals surface area (Å²) in [5.41, 5.74) is 0.195. The molecule has 2 nitrogen and oxygen atoms in total. The summed E-state index contributed by atoms with van der Waals surface area (Å²) in [4.78, 5) is 2.06. The first-order valence-corrected chi connectivity index (χ1v) is 6.34. The summed E-state index contributed by atoms with van der Waals surface area (Å²) in [6.07, 6.45) is 2.18. The predicted octanol–water partition coefficient (Wildman–Crippen LogP) is 3.47. The van der Waals surface area contributed by atoms with Crippen LogP contribution < -0.4 is 5.32 Å². The molecule has 1 N–H and O–H groups in total.